The van der Waals surface area contributed by atoms with Crippen molar-refractivity contribution < 1.29 is 4.79 Å². The molecule has 0 N–H and O–H groups in total. The van der Waals surface area contributed by atoms with Crippen LogP contribution in [0.3, 0.4) is 0 Å². The Morgan fingerprint density at radius 2 is 1.58 bits per heavy atom. The van der Waals surface area contributed by atoms with Crippen molar-refractivity contribution in [2.45, 2.75) is 63.3 Å². The van der Waals surface area contributed by atoms with E-state index in [0.29, 0.717) is 17.4 Å². The summed E-state index contributed by atoms with van der Waals surface area (Å²) in [4.78, 5) is 15.2. The number of rotatable bonds is 1. The van der Waals surface area contributed by atoms with E-state index in [4.69, 9.17) is 0 Å². The van der Waals surface area contributed by atoms with Crippen LogP contribution in [0.15, 0.2) is 0 Å². The van der Waals surface area contributed by atoms with Crippen LogP contribution in [0.2, 0.25) is 0 Å². The van der Waals surface area contributed by atoms with E-state index >= 15 is 0 Å². The van der Waals surface area contributed by atoms with E-state index in [1.54, 1.807) is 0 Å². The van der Waals surface area contributed by atoms with Crippen molar-refractivity contribution in [3.63, 3.8) is 0 Å². The highest BCUT2D eigenvalue weighted by Gasteiger charge is 2.62. The van der Waals surface area contributed by atoms with Crippen LogP contribution >= 0.6 is 0 Å². The lowest BCUT2D eigenvalue weighted by Gasteiger charge is -2.63. The van der Waals surface area contributed by atoms with Gasteiger partial charge in [0.05, 0.1) is 0 Å². The van der Waals surface area contributed by atoms with Crippen LogP contribution in [0.4, 0.5) is 0 Å². The number of hydrogen-bond donors (Lipinski definition) is 0. The monoisotopic (exact) mass is 259 g/mol. The zero-order valence-electron chi connectivity index (χ0n) is 11.8. The fraction of sp³-hybridized carbons (Fsp3) is 0.941. The third-order valence-electron chi connectivity index (χ3n) is 7.21. The normalized spacial score (nSPS) is 51.3. The van der Waals surface area contributed by atoms with Crippen molar-refractivity contribution >= 4 is 5.91 Å². The first-order valence-corrected chi connectivity index (χ1v) is 8.59. The van der Waals surface area contributed by atoms with Gasteiger partial charge in [0.2, 0.25) is 5.91 Å². The van der Waals surface area contributed by atoms with Crippen molar-refractivity contribution in [2.75, 3.05) is 6.54 Å². The van der Waals surface area contributed by atoms with Crippen LogP contribution in [0.25, 0.3) is 0 Å². The van der Waals surface area contributed by atoms with Crippen LogP contribution < -0.4 is 0 Å². The summed E-state index contributed by atoms with van der Waals surface area (Å²) >= 11 is 0. The summed E-state index contributed by atoms with van der Waals surface area (Å²) < 4.78 is 0. The van der Waals surface area contributed by atoms with E-state index < -0.39 is 0 Å². The van der Waals surface area contributed by atoms with Crippen molar-refractivity contribution in [1.29, 1.82) is 0 Å². The minimum atomic E-state index is 0.340. The Morgan fingerprint density at radius 3 is 2.16 bits per heavy atom. The number of nitrogens with zero attached hydrogens (tertiary/aromatic N) is 1. The third kappa shape index (κ3) is 1.36. The fourth-order valence-electron chi connectivity index (χ4n) is 6.58. The van der Waals surface area contributed by atoms with Crippen LogP contribution in [-0.2, 0) is 4.79 Å². The molecule has 0 aromatic heterocycles. The van der Waals surface area contributed by atoms with Gasteiger partial charge in [0.1, 0.15) is 0 Å². The van der Waals surface area contributed by atoms with Crippen LogP contribution in [0, 0.1) is 29.6 Å². The standard InChI is InChI=1S/C17H25NO/c19-16(13-2-3-13)18-5-1-4-17(18)14-7-11-6-12(9-14)10-15(17)8-11/h11-15H,1-10H2. The second-order valence-electron chi connectivity index (χ2n) is 8.16. The Hall–Kier alpha value is -0.530. The second kappa shape index (κ2) is 3.56. The summed E-state index contributed by atoms with van der Waals surface area (Å²) in [6, 6.07) is 0. The molecule has 0 aromatic rings. The molecule has 0 unspecified atom stereocenters. The number of amides is 1. The maximum atomic E-state index is 12.7. The van der Waals surface area contributed by atoms with E-state index in [2.05, 4.69) is 4.90 Å². The van der Waals surface area contributed by atoms with Gasteiger partial charge in [-0.25, -0.2) is 0 Å². The molecule has 5 saturated carbocycles. The average molecular weight is 259 g/mol. The lowest BCUT2D eigenvalue weighted by atomic mass is 9.48. The minimum Gasteiger partial charge on any atom is -0.336 e. The van der Waals surface area contributed by atoms with Crippen LogP contribution in [0.5, 0.6) is 0 Å². The smallest absolute Gasteiger partial charge is 0.226 e. The van der Waals surface area contributed by atoms with Crippen LogP contribution in [0.1, 0.15) is 57.8 Å². The Kier molecular flexibility index (Phi) is 2.09. The maximum Gasteiger partial charge on any atom is 0.226 e. The van der Waals surface area contributed by atoms with E-state index in [9.17, 15) is 4.79 Å². The molecule has 2 heteroatoms. The molecular formula is C17H25NO. The zero-order valence-corrected chi connectivity index (χ0v) is 11.8. The Morgan fingerprint density at radius 1 is 0.947 bits per heavy atom. The van der Waals surface area contributed by atoms with E-state index in [1.165, 1.54) is 57.8 Å². The number of hydrogen-bond acceptors (Lipinski definition) is 1. The third-order valence-corrected chi connectivity index (χ3v) is 7.21. The molecular weight excluding hydrogens is 234 g/mol. The molecule has 104 valence electrons. The van der Waals surface area contributed by atoms with Gasteiger partial charge in [-0.15, -0.1) is 0 Å². The molecule has 0 radical (unpaired) electrons. The number of carbonyl (C=O) groups is 1. The predicted molar refractivity (Wildman–Crippen MR) is 73.4 cm³/mol. The Labute approximate surface area is 115 Å². The number of carbonyl (C=O) groups excluding carboxylic acids is 1. The molecule has 4 bridgehead atoms. The zero-order chi connectivity index (χ0) is 12.6. The summed E-state index contributed by atoms with van der Waals surface area (Å²) in [5.74, 6) is 4.75. The molecule has 1 aliphatic heterocycles. The summed E-state index contributed by atoms with van der Waals surface area (Å²) in [6.45, 7) is 1.08. The lowest BCUT2D eigenvalue weighted by Crippen LogP contribution is -2.64. The van der Waals surface area contributed by atoms with Gasteiger partial charge in [0.25, 0.3) is 0 Å². The largest absolute Gasteiger partial charge is 0.336 e. The first-order chi connectivity index (χ1) is 9.27. The number of likely N-dealkylation sites (tertiary alicyclic amines) is 1. The Bertz CT molecular complexity index is 397. The lowest BCUT2D eigenvalue weighted by molar-refractivity contribution is -0.158. The highest BCUT2D eigenvalue weighted by Crippen LogP contribution is 2.63. The van der Waals surface area contributed by atoms with Gasteiger partial charge in [0.15, 0.2) is 0 Å². The first-order valence-electron chi connectivity index (χ1n) is 8.59. The molecule has 6 aliphatic rings. The van der Waals surface area contributed by atoms with Crippen LogP contribution in [-0.4, -0.2) is 22.9 Å². The minimum absolute atomic E-state index is 0.340. The van der Waals surface area contributed by atoms with Crippen molar-refractivity contribution in [3.05, 3.63) is 0 Å². The highest BCUT2D eigenvalue weighted by atomic mass is 16.2. The quantitative estimate of drug-likeness (QED) is 0.708. The van der Waals surface area contributed by atoms with Gasteiger partial charge in [-0.05, 0) is 81.5 Å². The molecule has 1 saturated heterocycles. The van der Waals surface area contributed by atoms with Gasteiger partial charge in [-0.2, -0.15) is 0 Å². The van der Waals surface area contributed by atoms with E-state index in [0.717, 1.165) is 30.2 Å². The SMILES string of the molecule is O=C(C1CC1)N1CCCC12C1CC3CC(C1)CC2C3. The molecule has 6 fully saturated rings. The first kappa shape index (κ1) is 11.2. The van der Waals surface area contributed by atoms with Gasteiger partial charge in [-0.3, -0.25) is 4.79 Å². The van der Waals surface area contributed by atoms with Gasteiger partial charge < -0.3 is 4.90 Å². The maximum absolute atomic E-state index is 12.7. The van der Waals surface area contributed by atoms with Gasteiger partial charge in [-0.1, -0.05) is 0 Å². The summed E-state index contributed by atoms with van der Waals surface area (Å²) in [5, 5.41) is 0. The molecule has 5 aliphatic carbocycles. The van der Waals surface area contributed by atoms with E-state index in [1.807, 2.05) is 0 Å². The summed E-state index contributed by atoms with van der Waals surface area (Å²) in [7, 11) is 0. The second-order valence-corrected chi connectivity index (χ2v) is 8.16. The average Bonchev–Trinajstić information content (AvgIpc) is 3.14. The van der Waals surface area contributed by atoms with Gasteiger partial charge >= 0.3 is 0 Å². The van der Waals surface area contributed by atoms with Crippen molar-refractivity contribution in [3.8, 4) is 0 Å². The molecule has 1 amide bonds. The molecule has 19 heavy (non-hydrogen) atoms. The summed E-state index contributed by atoms with van der Waals surface area (Å²) in [6.07, 6.45) is 12.3. The topological polar surface area (TPSA) is 20.3 Å². The highest BCUT2D eigenvalue weighted by molar-refractivity contribution is 5.82. The molecule has 1 spiro atoms. The molecule has 1 heterocycles. The van der Waals surface area contributed by atoms with Crippen molar-refractivity contribution in [2.24, 2.45) is 29.6 Å². The Balaban J connectivity index is 1.53. The molecule has 6 rings (SSSR count). The van der Waals surface area contributed by atoms with E-state index in [-0.39, 0.29) is 0 Å². The fourth-order valence-corrected chi connectivity index (χ4v) is 6.58. The molecule has 2 nitrogen and oxygen atoms in total. The predicted octanol–water partition coefficient (Wildman–Crippen LogP) is 3.21. The summed E-state index contributed by atoms with van der Waals surface area (Å²) in [5.41, 5.74) is 0.340. The molecule has 0 atom stereocenters. The van der Waals surface area contributed by atoms with Crippen molar-refractivity contribution in [1.82, 2.24) is 4.90 Å². The molecule has 0 aromatic carbocycles. The van der Waals surface area contributed by atoms with Gasteiger partial charge in [0, 0.05) is 18.0 Å².